The fourth-order valence-corrected chi connectivity index (χ4v) is 4.12. The summed E-state index contributed by atoms with van der Waals surface area (Å²) < 4.78 is 0. The molecular formula is C24H36Br2CoN3. The number of rotatable bonds is 8. The van der Waals surface area contributed by atoms with Crippen LogP contribution in [0.2, 0.25) is 0 Å². The van der Waals surface area contributed by atoms with Crippen LogP contribution in [-0.4, -0.2) is 25.2 Å². The number of hydrogen-bond acceptors (Lipinski definition) is 2. The Labute approximate surface area is 203 Å². The molecule has 0 aromatic heterocycles. The van der Waals surface area contributed by atoms with Crippen LogP contribution >= 0.6 is 28.3 Å². The van der Waals surface area contributed by atoms with Crippen molar-refractivity contribution in [3.63, 3.8) is 0 Å². The summed E-state index contributed by atoms with van der Waals surface area (Å²) >= 11 is 7.12. The zero-order valence-electron chi connectivity index (χ0n) is 19.0. The average Bonchev–Trinajstić information content (AvgIpc) is 2.62. The van der Waals surface area contributed by atoms with Gasteiger partial charge in [0.2, 0.25) is 0 Å². The van der Waals surface area contributed by atoms with Crippen molar-refractivity contribution in [1.29, 1.82) is 0 Å². The zero-order chi connectivity index (χ0) is 22.8. The minimum atomic E-state index is 0.0418. The van der Waals surface area contributed by atoms with Crippen molar-refractivity contribution < 1.29 is 11.1 Å². The van der Waals surface area contributed by atoms with Crippen molar-refractivity contribution >= 4 is 28.3 Å². The van der Waals surface area contributed by atoms with Crippen molar-refractivity contribution in [3.05, 3.63) is 74.1 Å². The van der Waals surface area contributed by atoms with Crippen LogP contribution in [0.4, 0.5) is 0 Å². The predicted octanol–water partition coefficient (Wildman–Crippen LogP) is 6.04. The molecule has 2 aromatic rings. The van der Waals surface area contributed by atoms with Crippen LogP contribution in [0.5, 0.6) is 0 Å². The quantitative estimate of drug-likeness (QED) is 0.397. The standard InChI is InChI=1S/C24H36N3.2BrH.Co/c1-15-7-17(3)23(18(4)8-15)11-21(25)13-27-14-22(26)12-24-19(5)9-16(2)10-20(24)6;;;/h7-10,21-22H,11-14,25-26H2,1-6H3;2*1H;/q-1;;;+3/p-2. The second-order valence-corrected chi connectivity index (χ2v) is 13.6. The molecule has 6 heteroatoms. The van der Waals surface area contributed by atoms with Gasteiger partial charge in [0, 0.05) is 0 Å². The first-order chi connectivity index (χ1) is 14.1. The van der Waals surface area contributed by atoms with E-state index in [9.17, 15) is 0 Å². The molecule has 2 aromatic carbocycles. The average molecular weight is 585 g/mol. The van der Waals surface area contributed by atoms with E-state index in [-0.39, 0.29) is 12.1 Å². The Hall–Kier alpha value is -0.214. The predicted molar refractivity (Wildman–Crippen MR) is 136 cm³/mol. The topological polar surface area (TPSA) is 66.1 Å². The molecule has 0 saturated carbocycles. The van der Waals surface area contributed by atoms with Gasteiger partial charge in [-0.3, -0.25) is 0 Å². The van der Waals surface area contributed by atoms with Gasteiger partial charge >= 0.3 is 39.5 Å². The number of nitrogens with zero attached hydrogens (tertiary/aromatic N) is 1. The van der Waals surface area contributed by atoms with Gasteiger partial charge < -0.3 is 16.8 Å². The summed E-state index contributed by atoms with van der Waals surface area (Å²) in [5.41, 5.74) is 23.3. The minimum absolute atomic E-state index is 0.0418. The Balaban J connectivity index is 0.00000141. The summed E-state index contributed by atoms with van der Waals surface area (Å²) in [4.78, 5) is 0. The van der Waals surface area contributed by atoms with Crippen molar-refractivity contribution in [2.75, 3.05) is 13.1 Å². The Kier molecular flexibility index (Phi) is 13.0. The molecule has 0 amide bonds. The van der Waals surface area contributed by atoms with Crippen molar-refractivity contribution in [2.24, 2.45) is 11.5 Å². The van der Waals surface area contributed by atoms with Crippen LogP contribution in [0, 0.1) is 41.5 Å². The summed E-state index contributed by atoms with van der Waals surface area (Å²) in [6.07, 6.45) is 1.74. The molecule has 2 rings (SSSR count). The molecule has 0 radical (unpaired) electrons. The van der Waals surface area contributed by atoms with Crippen LogP contribution in [0.1, 0.15) is 44.5 Å². The third-order valence-corrected chi connectivity index (χ3v) is 5.34. The van der Waals surface area contributed by atoms with Crippen molar-refractivity contribution in [3.8, 4) is 0 Å². The molecule has 4 N–H and O–H groups in total. The van der Waals surface area contributed by atoms with Crippen LogP contribution in [-0.2, 0) is 24.0 Å². The van der Waals surface area contributed by atoms with Crippen LogP contribution in [0.25, 0.3) is 5.32 Å². The van der Waals surface area contributed by atoms with Gasteiger partial charge in [-0.05, 0) is 99.8 Å². The normalized spacial score (nSPS) is 13.0. The molecule has 2 atom stereocenters. The molecular weight excluding hydrogens is 549 g/mol. The first-order valence-electron chi connectivity index (χ1n) is 10.2. The first-order valence-corrected chi connectivity index (χ1v) is 15.3. The SMILES string of the molecule is Cc1cc(C)c(CC(N)C[N-]CC(N)Cc2c(C)cc(C)cc2C)c(C)c1.[Br][Co+][Br]. The van der Waals surface area contributed by atoms with E-state index in [4.69, 9.17) is 11.5 Å². The van der Waals surface area contributed by atoms with Crippen molar-refractivity contribution in [1.82, 2.24) is 0 Å². The van der Waals surface area contributed by atoms with Gasteiger partial charge in [0.1, 0.15) is 0 Å². The Morgan fingerprint density at radius 2 is 0.967 bits per heavy atom. The zero-order valence-corrected chi connectivity index (χ0v) is 23.2. The van der Waals surface area contributed by atoms with E-state index in [1.165, 1.54) is 44.5 Å². The Morgan fingerprint density at radius 1 is 0.700 bits per heavy atom. The Bertz CT molecular complexity index is 700. The second-order valence-electron chi connectivity index (χ2n) is 8.32. The fraction of sp³-hybridized carbons (Fsp3) is 0.500. The van der Waals surface area contributed by atoms with Gasteiger partial charge in [-0.2, -0.15) is 0 Å². The number of aryl methyl sites for hydroxylation is 6. The molecule has 170 valence electrons. The number of halogens is 2. The molecule has 30 heavy (non-hydrogen) atoms. The summed E-state index contributed by atoms with van der Waals surface area (Å²) in [5, 5.41) is 4.67. The number of hydrogen-bond donors (Lipinski definition) is 2. The Morgan fingerprint density at radius 3 is 1.23 bits per heavy atom. The van der Waals surface area contributed by atoms with Gasteiger partial charge in [-0.25, -0.2) is 0 Å². The molecule has 0 saturated heterocycles. The van der Waals surface area contributed by atoms with Crippen LogP contribution < -0.4 is 11.5 Å². The van der Waals surface area contributed by atoms with Crippen LogP contribution in [0.3, 0.4) is 0 Å². The summed E-state index contributed by atoms with van der Waals surface area (Å²) in [5.74, 6) is 0. The van der Waals surface area contributed by atoms with E-state index in [0.29, 0.717) is 13.1 Å². The van der Waals surface area contributed by atoms with E-state index in [1.807, 2.05) is 0 Å². The van der Waals surface area contributed by atoms with Crippen LogP contribution in [0.15, 0.2) is 24.3 Å². The van der Waals surface area contributed by atoms with Crippen molar-refractivity contribution in [2.45, 2.75) is 66.5 Å². The maximum atomic E-state index is 6.35. The van der Waals surface area contributed by atoms with E-state index in [0.717, 1.165) is 24.0 Å². The van der Waals surface area contributed by atoms with E-state index in [1.54, 1.807) is 0 Å². The maximum absolute atomic E-state index is 6.35. The van der Waals surface area contributed by atoms with Gasteiger partial charge in [-0.15, -0.1) is 13.1 Å². The van der Waals surface area contributed by atoms with E-state index < -0.39 is 0 Å². The molecule has 3 nitrogen and oxygen atoms in total. The molecule has 0 aliphatic rings. The molecule has 0 aliphatic heterocycles. The van der Waals surface area contributed by atoms with Gasteiger partial charge in [-0.1, -0.05) is 35.4 Å². The third-order valence-electron chi connectivity index (χ3n) is 5.34. The summed E-state index contributed by atoms with van der Waals surface area (Å²) in [7, 11) is 0. The molecule has 0 fully saturated rings. The molecule has 0 aliphatic carbocycles. The summed E-state index contributed by atoms with van der Waals surface area (Å²) in [6, 6.07) is 9.01. The van der Waals surface area contributed by atoms with E-state index in [2.05, 4.69) is 99.5 Å². The fourth-order valence-electron chi connectivity index (χ4n) is 4.12. The van der Waals surface area contributed by atoms with Gasteiger partial charge in [0.05, 0.1) is 0 Å². The number of nitrogens with two attached hydrogens (primary N) is 2. The monoisotopic (exact) mass is 583 g/mol. The molecule has 0 spiro atoms. The second kappa shape index (κ2) is 14.0. The van der Waals surface area contributed by atoms with Gasteiger partial charge in [0.15, 0.2) is 0 Å². The van der Waals surface area contributed by atoms with E-state index >= 15 is 0 Å². The molecule has 2 unspecified atom stereocenters. The third kappa shape index (κ3) is 9.51. The summed E-state index contributed by atoms with van der Waals surface area (Å²) in [6.45, 7) is 14.3. The van der Waals surface area contributed by atoms with Gasteiger partial charge in [0.25, 0.3) is 0 Å². The first kappa shape index (κ1) is 27.8. The molecule has 0 heterocycles. The molecule has 0 bridgehead atoms. The number of benzene rings is 2.